The topological polar surface area (TPSA) is 102 Å². The van der Waals surface area contributed by atoms with Crippen LogP contribution in [0.2, 0.25) is 0 Å². The van der Waals surface area contributed by atoms with Crippen molar-refractivity contribution in [3.63, 3.8) is 0 Å². The molecule has 8 nitrogen and oxygen atoms in total. The van der Waals surface area contributed by atoms with Gasteiger partial charge in [-0.25, -0.2) is 4.98 Å². The van der Waals surface area contributed by atoms with Crippen molar-refractivity contribution >= 4 is 22.8 Å². The zero-order valence-electron chi connectivity index (χ0n) is 14.1. The van der Waals surface area contributed by atoms with Crippen LogP contribution in [0.1, 0.15) is 20.8 Å². The van der Waals surface area contributed by atoms with E-state index in [1.807, 2.05) is 6.07 Å². The minimum Gasteiger partial charge on any atom is -0.497 e. The second-order valence-corrected chi connectivity index (χ2v) is 5.25. The molecule has 26 heavy (non-hydrogen) atoms. The summed E-state index contributed by atoms with van der Waals surface area (Å²) in [5.74, 6) is -0.182. The number of para-hydroxylation sites is 2. The number of nitrogens with zero attached hydrogens (tertiary/aromatic N) is 2. The Morgan fingerprint density at radius 1 is 0.885 bits per heavy atom. The normalized spacial score (nSPS) is 10.2. The summed E-state index contributed by atoms with van der Waals surface area (Å²) in [5, 5.41) is 0. The second-order valence-electron chi connectivity index (χ2n) is 5.25. The smallest absolute Gasteiger partial charge is 0.289 e. The van der Waals surface area contributed by atoms with Gasteiger partial charge in [-0.3, -0.25) is 25.4 Å². The number of amides is 2. The summed E-state index contributed by atoms with van der Waals surface area (Å²) < 4.78 is 10.2. The van der Waals surface area contributed by atoms with Crippen molar-refractivity contribution in [1.82, 2.24) is 20.8 Å². The Morgan fingerprint density at radius 3 is 2.15 bits per heavy atom. The lowest BCUT2D eigenvalue weighted by Gasteiger charge is -2.10. The van der Waals surface area contributed by atoms with E-state index in [2.05, 4.69) is 20.8 Å². The lowest BCUT2D eigenvalue weighted by atomic mass is 10.2. The molecule has 0 atom stereocenters. The zero-order valence-corrected chi connectivity index (χ0v) is 14.1. The maximum atomic E-state index is 12.3. The minimum atomic E-state index is -0.577. The average molecular weight is 352 g/mol. The van der Waals surface area contributed by atoms with Crippen molar-refractivity contribution in [2.24, 2.45) is 0 Å². The van der Waals surface area contributed by atoms with Crippen LogP contribution in [-0.2, 0) is 0 Å². The molecule has 8 heteroatoms. The molecule has 0 bridgehead atoms. The lowest BCUT2D eigenvalue weighted by Crippen LogP contribution is -2.42. The summed E-state index contributed by atoms with van der Waals surface area (Å²) in [5.41, 5.74) is 6.27. The van der Waals surface area contributed by atoms with Crippen LogP contribution in [0, 0.1) is 0 Å². The first kappa shape index (κ1) is 17.2. The van der Waals surface area contributed by atoms with Gasteiger partial charge in [0.05, 0.1) is 31.4 Å². The molecular formula is C18H16N4O4. The molecule has 0 aliphatic rings. The molecule has 2 amide bonds. The maximum absolute atomic E-state index is 12.3. The highest BCUT2D eigenvalue weighted by molar-refractivity contribution is 5.99. The minimum absolute atomic E-state index is 0.0900. The van der Waals surface area contributed by atoms with Crippen molar-refractivity contribution in [2.45, 2.75) is 0 Å². The summed E-state index contributed by atoms with van der Waals surface area (Å²) in [7, 11) is 2.97. The number of methoxy groups -OCH3 is 2. The number of carbonyl (C=O) groups excluding carboxylic acids is 2. The first-order valence-electron chi connectivity index (χ1n) is 7.66. The van der Waals surface area contributed by atoms with E-state index in [1.165, 1.54) is 32.5 Å². The Balaban J connectivity index is 1.71. The molecule has 0 spiro atoms. The standard InChI is InChI=1S/C18H16N4O4/c1-25-12-7-11(8-13(9-12)26-2)17(23)21-22-18(24)16-10-19-14-5-3-4-6-15(14)20-16/h3-10H,1-2H3,(H,21,23)(H,22,24). The molecule has 2 aromatic carbocycles. The van der Waals surface area contributed by atoms with Crippen molar-refractivity contribution in [1.29, 1.82) is 0 Å². The molecule has 0 aliphatic carbocycles. The fraction of sp³-hybridized carbons (Fsp3) is 0.111. The van der Waals surface area contributed by atoms with Gasteiger partial charge in [-0.1, -0.05) is 12.1 Å². The quantitative estimate of drug-likeness (QED) is 0.693. The van der Waals surface area contributed by atoms with E-state index in [4.69, 9.17) is 9.47 Å². The molecule has 0 saturated carbocycles. The van der Waals surface area contributed by atoms with Crippen LogP contribution in [0.25, 0.3) is 11.0 Å². The summed E-state index contributed by atoms with van der Waals surface area (Å²) in [6, 6.07) is 11.9. The Morgan fingerprint density at radius 2 is 1.50 bits per heavy atom. The molecule has 0 fully saturated rings. The maximum Gasteiger partial charge on any atom is 0.289 e. The first-order valence-corrected chi connectivity index (χ1v) is 7.66. The summed E-state index contributed by atoms with van der Waals surface area (Å²) >= 11 is 0. The fourth-order valence-corrected chi connectivity index (χ4v) is 2.25. The van der Waals surface area contributed by atoms with Gasteiger partial charge in [-0.05, 0) is 24.3 Å². The zero-order chi connectivity index (χ0) is 18.5. The predicted molar refractivity (Wildman–Crippen MR) is 94.0 cm³/mol. The van der Waals surface area contributed by atoms with Gasteiger partial charge in [-0.2, -0.15) is 0 Å². The Labute approximate surface area is 149 Å². The largest absolute Gasteiger partial charge is 0.497 e. The lowest BCUT2D eigenvalue weighted by molar-refractivity contribution is 0.0843. The Kier molecular flexibility index (Phi) is 4.93. The number of hydrazine groups is 1. The number of ether oxygens (including phenoxy) is 2. The number of nitrogens with one attached hydrogen (secondary N) is 2. The molecule has 1 aromatic heterocycles. The molecule has 3 aromatic rings. The number of benzene rings is 2. The van der Waals surface area contributed by atoms with E-state index in [-0.39, 0.29) is 11.3 Å². The summed E-state index contributed by atoms with van der Waals surface area (Å²) in [4.78, 5) is 32.8. The number of hydrogen-bond donors (Lipinski definition) is 2. The van der Waals surface area contributed by atoms with E-state index in [0.29, 0.717) is 22.5 Å². The monoisotopic (exact) mass is 352 g/mol. The number of carbonyl (C=O) groups is 2. The predicted octanol–water partition coefficient (Wildman–Crippen LogP) is 1.72. The van der Waals surface area contributed by atoms with Gasteiger partial charge >= 0.3 is 0 Å². The number of aromatic nitrogens is 2. The van der Waals surface area contributed by atoms with Crippen LogP contribution < -0.4 is 20.3 Å². The molecule has 132 valence electrons. The summed E-state index contributed by atoms with van der Waals surface area (Å²) in [6.45, 7) is 0. The molecule has 0 saturated heterocycles. The third kappa shape index (κ3) is 3.69. The van der Waals surface area contributed by atoms with Gasteiger partial charge < -0.3 is 9.47 Å². The molecular weight excluding hydrogens is 336 g/mol. The number of rotatable bonds is 4. The van der Waals surface area contributed by atoms with Gasteiger partial charge in [0.2, 0.25) is 0 Å². The third-order valence-corrected chi connectivity index (χ3v) is 3.58. The van der Waals surface area contributed by atoms with Crippen molar-refractivity contribution in [3.8, 4) is 11.5 Å². The highest BCUT2D eigenvalue weighted by Crippen LogP contribution is 2.22. The van der Waals surface area contributed by atoms with Crippen molar-refractivity contribution in [2.75, 3.05) is 14.2 Å². The van der Waals surface area contributed by atoms with Crippen LogP contribution in [0.15, 0.2) is 48.7 Å². The van der Waals surface area contributed by atoms with E-state index in [1.54, 1.807) is 24.3 Å². The van der Waals surface area contributed by atoms with Crippen molar-refractivity contribution < 1.29 is 19.1 Å². The van der Waals surface area contributed by atoms with Crippen molar-refractivity contribution in [3.05, 3.63) is 59.9 Å². The van der Waals surface area contributed by atoms with E-state index >= 15 is 0 Å². The highest BCUT2D eigenvalue weighted by atomic mass is 16.5. The third-order valence-electron chi connectivity index (χ3n) is 3.58. The second kappa shape index (κ2) is 7.47. The van der Waals surface area contributed by atoms with E-state index < -0.39 is 11.8 Å². The molecule has 3 rings (SSSR count). The first-order chi connectivity index (χ1) is 12.6. The van der Waals surface area contributed by atoms with Crippen LogP contribution in [0.3, 0.4) is 0 Å². The summed E-state index contributed by atoms with van der Waals surface area (Å²) in [6.07, 6.45) is 1.35. The van der Waals surface area contributed by atoms with Crippen LogP contribution in [0.5, 0.6) is 11.5 Å². The van der Waals surface area contributed by atoms with Gasteiger partial charge in [0.25, 0.3) is 11.8 Å². The van der Waals surface area contributed by atoms with Gasteiger partial charge in [0.15, 0.2) is 0 Å². The highest BCUT2D eigenvalue weighted by Gasteiger charge is 2.13. The molecule has 1 heterocycles. The fourth-order valence-electron chi connectivity index (χ4n) is 2.25. The van der Waals surface area contributed by atoms with Crippen LogP contribution in [0.4, 0.5) is 0 Å². The number of hydrogen-bond acceptors (Lipinski definition) is 6. The van der Waals surface area contributed by atoms with Gasteiger partial charge in [0, 0.05) is 11.6 Å². The molecule has 2 N–H and O–H groups in total. The van der Waals surface area contributed by atoms with Gasteiger partial charge in [-0.15, -0.1) is 0 Å². The van der Waals surface area contributed by atoms with Crippen LogP contribution in [-0.4, -0.2) is 36.0 Å². The Bertz CT molecular complexity index is 952. The molecule has 0 aliphatic heterocycles. The van der Waals surface area contributed by atoms with E-state index in [0.717, 1.165) is 0 Å². The van der Waals surface area contributed by atoms with Crippen LogP contribution >= 0.6 is 0 Å². The average Bonchev–Trinajstić information content (AvgIpc) is 2.70. The Hall–Kier alpha value is -3.68. The molecule has 0 unspecified atom stereocenters. The SMILES string of the molecule is COc1cc(OC)cc(C(=O)NNC(=O)c2cnc3ccccc3n2)c1. The number of fused-ring (bicyclic) bond motifs is 1. The molecule has 0 radical (unpaired) electrons. The van der Waals surface area contributed by atoms with Gasteiger partial charge in [0.1, 0.15) is 17.2 Å². The van der Waals surface area contributed by atoms with E-state index in [9.17, 15) is 9.59 Å².